The number of hydrogen-bond donors (Lipinski definition) is 1. The number of amides is 1. The molecule has 33 heavy (non-hydrogen) atoms. The van der Waals surface area contributed by atoms with Crippen LogP contribution in [-0.4, -0.2) is 45.7 Å². The average Bonchev–Trinajstić information content (AvgIpc) is 3.35. The first-order valence-corrected chi connectivity index (χ1v) is 12.6. The van der Waals surface area contributed by atoms with Crippen LogP contribution in [0.3, 0.4) is 0 Å². The molecule has 1 N–H and O–H groups in total. The maximum Gasteiger partial charge on any atom is 0.407 e. The van der Waals surface area contributed by atoms with E-state index in [9.17, 15) is 9.90 Å². The highest BCUT2D eigenvalue weighted by molar-refractivity contribution is 7.07. The van der Waals surface area contributed by atoms with Gasteiger partial charge in [-0.2, -0.15) is 0 Å². The summed E-state index contributed by atoms with van der Waals surface area (Å²) in [5, 5.41) is 11.5. The average molecular weight is 465 g/mol. The van der Waals surface area contributed by atoms with Crippen LogP contribution in [0.25, 0.3) is 11.3 Å². The molecule has 3 aromatic rings. The lowest BCUT2D eigenvalue weighted by Gasteiger charge is -2.33. The molecule has 6 nitrogen and oxygen atoms in total. The Kier molecular flexibility index (Phi) is 7.60. The van der Waals surface area contributed by atoms with E-state index < -0.39 is 6.09 Å². The number of carboxylic acid groups (broad SMARTS) is 1. The van der Waals surface area contributed by atoms with Crippen LogP contribution in [0.15, 0.2) is 53.4 Å². The van der Waals surface area contributed by atoms with Crippen molar-refractivity contribution in [1.82, 2.24) is 14.9 Å². The number of hydrogen-bond acceptors (Lipinski definition) is 5. The zero-order valence-corrected chi connectivity index (χ0v) is 20.2. The maximum absolute atomic E-state index is 11.6. The van der Waals surface area contributed by atoms with Gasteiger partial charge >= 0.3 is 6.09 Å². The van der Waals surface area contributed by atoms with Crippen molar-refractivity contribution >= 4 is 23.2 Å². The number of anilines is 1. The van der Waals surface area contributed by atoms with Crippen molar-refractivity contribution < 1.29 is 9.90 Å². The van der Waals surface area contributed by atoms with Gasteiger partial charge in [-0.05, 0) is 54.9 Å². The van der Waals surface area contributed by atoms with Gasteiger partial charge in [0.05, 0.1) is 23.4 Å². The summed E-state index contributed by atoms with van der Waals surface area (Å²) >= 11 is 1.50. The van der Waals surface area contributed by atoms with Crippen molar-refractivity contribution in [1.29, 1.82) is 0 Å². The van der Waals surface area contributed by atoms with Crippen molar-refractivity contribution in [2.24, 2.45) is 5.92 Å². The number of piperidine rings is 1. The highest BCUT2D eigenvalue weighted by Crippen LogP contribution is 2.28. The zero-order chi connectivity index (χ0) is 23.2. The van der Waals surface area contributed by atoms with Gasteiger partial charge in [0, 0.05) is 30.6 Å². The van der Waals surface area contributed by atoms with E-state index in [1.54, 1.807) is 5.51 Å². The molecule has 0 bridgehead atoms. The number of pyridine rings is 1. The van der Waals surface area contributed by atoms with E-state index in [1.165, 1.54) is 21.8 Å². The smallest absolute Gasteiger partial charge is 0.407 e. The minimum Gasteiger partial charge on any atom is -0.465 e. The Morgan fingerprint density at radius 1 is 1.21 bits per heavy atom. The van der Waals surface area contributed by atoms with Gasteiger partial charge in [0.25, 0.3) is 0 Å². The number of rotatable bonds is 8. The van der Waals surface area contributed by atoms with E-state index in [0.29, 0.717) is 24.9 Å². The molecule has 1 amide bonds. The number of aromatic nitrogens is 2. The van der Waals surface area contributed by atoms with E-state index in [1.807, 2.05) is 5.38 Å². The fraction of sp³-hybridized carbons (Fsp3) is 0.423. The Bertz CT molecular complexity index is 1050. The molecule has 1 aliphatic rings. The quantitative estimate of drug-likeness (QED) is 0.435. The summed E-state index contributed by atoms with van der Waals surface area (Å²) in [4.78, 5) is 24.7. The second-order valence-electron chi connectivity index (χ2n) is 9.06. The van der Waals surface area contributed by atoms with Crippen LogP contribution in [0, 0.1) is 5.92 Å². The van der Waals surface area contributed by atoms with Crippen molar-refractivity contribution in [3.05, 3.63) is 64.6 Å². The van der Waals surface area contributed by atoms with E-state index in [2.05, 4.69) is 66.2 Å². The SMILES string of the molecule is CC(C)c1cccc(-c2cccc(N3CCC(CCN(Cc4cscn4)C(=O)O)CC3)n2)c1. The van der Waals surface area contributed by atoms with Gasteiger partial charge in [-0.1, -0.05) is 38.1 Å². The predicted octanol–water partition coefficient (Wildman–Crippen LogP) is 6.12. The molecule has 0 atom stereocenters. The summed E-state index contributed by atoms with van der Waals surface area (Å²) < 4.78 is 0. The monoisotopic (exact) mass is 464 g/mol. The summed E-state index contributed by atoms with van der Waals surface area (Å²) in [5.74, 6) is 2.05. The lowest BCUT2D eigenvalue weighted by molar-refractivity contribution is 0.137. The van der Waals surface area contributed by atoms with Gasteiger partial charge in [-0.3, -0.25) is 0 Å². The molecule has 0 unspecified atom stereocenters. The van der Waals surface area contributed by atoms with Crippen LogP contribution >= 0.6 is 11.3 Å². The molecule has 174 valence electrons. The summed E-state index contributed by atoms with van der Waals surface area (Å²) in [6.45, 7) is 7.24. The lowest BCUT2D eigenvalue weighted by atomic mass is 9.93. The Morgan fingerprint density at radius 2 is 2.00 bits per heavy atom. The Hall–Kier alpha value is -2.93. The van der Waals surface area contributed by atoms with Crippen LogP contribution < -0.4 is 4.90 Å². The van der Waals surface area contributed by atoms with Crippen LogP contribution in [0.2, 0.25) is 0 Å². The molecule has 1 fully saturated rings. The second-order valence-corrected chi connectivity index (χ2v) is 9.78. The standard InChI is InChI=1S/C26H32N4O2S/c1-19(2)21-5-3-6-22(15-21)24-7-4-8-25(28-24)29-12-9-20(10-13-29)11-14-30(26(31)32)16-23-17-33-18-27-23/h3-8,15,17-20H,9-14,16H2,1-2H3,(H,31,32). The van der Waals surface area contributed by atoms with Crippen LogP contribution in [-0.2, 0) is 6.54 Å². The van der Waals surface area contributed by atoms with E-state index in [-0.39, 0.29) is 0 Å². The third kappa shape index (κ3) is 6.11. The largest absolute Gasteiger partial charge is 0.465 e. The molecule has 0 spiro atoms. The fourth-order valence-electron chi connectivity index (χ4n) is 4.36. The summed E-state index contributed by atoms with van der Waals surface area (Å²) in [5.41, 5.74) is 6.06. The Balaban J connectivity index is 1.33. The minimum absolute atomic E-state index is 0.367. The van der Waals surface area contributed by atoms with Gasteiger partial charge in [0.15, 0.2) is 0 Å². The third-order valence-corrected chi connectivity index (χ3v) is 7.07. The second kappa shape index (κ2) is 10.8. The third-order valence-electron chi connectivity index (χ3n) is 6.44. The molecule has 0 saturated carbocycles. The summed E-state index contributed by atoms with van der Waals surface area (Å²) in [6.07, 6.45) is 2.13. The molecular weight excluding hydrogens is 432 g/mol. The molecular formula is C26H32N4O2S. The van der Waals surface area contributed by atoms with E-state index in [0.717, 1.165) is 55.1 Å². The highest BCUT2D eigenvalue weighted by Gasteiger charge is 2.22. The molecule has 3 heterocycles. The Morgan fingerprint density at radius 3 is 2.70 bits per heavy atom. The normalized spacial score (nSPS) is 14.6. The molecule has 4 rings (SSSR count). The predicted molar refractivity (Wildman–Crippen MR) is 134 cm³/mol. The van der Waals surface area contributed by atoms with Crippen molar-refractivity contribution in [2.45, 2.75) is 45.6 Å². The fourth-order valence-corrected chi connectivity index (χ4v) is 4.91. The number of carbonyl (C=O) groups is 1. The first-order chi connectivity index (χ1) is 16.0. The first-order valence-electron chi connectivity index (χ1n) is 11.7. The molecule has 2 aromatic heterocycles. The van der Waals surface area contributed by atoms with Gasteiger partial charge < -0.3 is 14.9 Å². The van der Waals surface area contributed by atoms with Gasteiger partial charge in [-0.15, -0.1) is 11.3 Å². The highest BCUT2D eigenvalue weighted by atomic mass is 32.1. The molecule has 7 heteroatoms. The van der Waals surface area contributed by atoms with Gasteiger partial charge in [0.1, 0.15) is 5.82 Å². The molecule has 0 radical (unpaired) electrons. The summed E-state index contributed by atoms with van der Waals surface area (Å²) in [7, 11) is 0. The minimum atomic E-state index is -0.872. The topological polar surface area (TPSA) is 69.6 Å². The number of benzene rings is 1. The van der Waals surface area contributed by atoms with Crippen LogP contribution in [0.1, 0.15) is 50.3 Å². The van der Waals surface area contributed by atoms with Crippen molar-refractivity contribution in [3.63, 3.8) is 0 Å². The van der Waals surface area contributed by atoms with E-state index in [4.69, 9.17) is 4.98 Å². The maximum atomic E-state index is 11.6. The molecule has 1 saturated heterocycles. The van der Waals surface area contributed by atoms with Gasteiger partial charge in [0.2, 0.25) is 0 Å². The molecule has 1 aliphatic heterocycles. The van der Waals surface area contributed by atoms with Crippen molar-refractivity contribution in [3.8, 4) is 11.3 Å². The van der Waals surface area contributed by atoms with Crippen molar-refractivity contribution in [2.75, 3.05) is 24.5 Å². The number of thiazole rings is 1. The Labute approximate surface area is 199 Å². The van der Waals surface area contributed by atoms with Crippen LogP contribution in [0.5, 0.6) is 0 Å². The molecule has 0 aliphatic carbocycles. The number of nitrogens with zero attached hydrogens (tertiary/aromatic N) is 4. The summed E-state index contributed by atoms with van der Waals surface area (Å²) in [6, 6.07) is 14.9. The molecule has 1 aromatic carbocycles. The zero-order valence-electron chi connectivity index (χ0n) is 19.4. The van der Waals surface area contributed by atoms with Crippen LogP contribution in [0.4, 0.5) is 10.6 Å². The van der Waals surface area contributed by atoms with Gasteiger partial charge in [-0.25, -0.2) is 14.8 Å². The van der Waals surface area contributed by atoms with E-state index >= 15 is 0 Å². The lowest BCUT2D eigenvalue weighted by Crippen LogP contribution is -2.36. The first kappa shape index (κ1) is 23.2.